The van der Waals surface area contributed by atoms with E-state index in [1.165, 1.54) is 22.8 Å². The average Bonchev–Trinajstić information content (AvgIpc) is 2.76. The lowest BCUT2D eigenvalue weighted by Crippen LogP contribution is -2.24. The van der Waals surface area contributed by atoms with Crippen LogP contribution in [0.1, 0.15) is 11.1 Å². The molecule has 0 aliphatic carbocycles. The van der Waals surface area contributed by atoms with Gasteiger partial charge in [-0.25, -0.2) is 13.8 Å². The predicted molar refractivity (Wildman–Crippen MR) is 114 cm³/mol. The zero-order valence-electron chi connectivity index (χ0n) is 16.1. The van der Waals surface area contributed by atoms with Gasteiger partial charge in [0, 0.05) is 16.9 Å². The summed E-state index contributed by atoms with van der Waals surface area (Å²) >= 11 is 1.12. The highest BCUT2D eigenvalue weighted by molar-refractivity contribution is 7.98. The molecule has 30 heavy (non-hydrogen) atoms. The summed E-state index contributed by atoms with van der Waals surface area (Å²) in [7, 11) is 1.57. The van der Waals surface area contributed by atoms with Gasteiger partial charge in [0.05, 0.1) is 24.6 Å². The average molecular weight is 424 g/mol. The van der Waals surface area contributed by atoms with E-state index in [0.29, 0.717) is 21.8 Å². The van der Waals surface area contributed by atoms with Crippen LogP contribution in [0.2, 0.25) is 0 Å². The summed E-state index contributed by atoms with van der Waals surface area (Å²) in [6, 6.07) is 18.2. The molecule has 0 radical (unpaired) electrons. The molecule has 7 heteroatoms. The lowest BCUT2D eigenvalue weighted by atomic mass is 10.2. The molecule has 3 aromatic carbocycles. The van der Waals surface area contributed by atoms with Crippen LogP contribution >= 0.6 is 11.8 Å². The summed E-state index contributed by atoms with van der Waals surface area (Å²) in [5.74, 6) is -0.590. The van der Waals surface area contributed by atoms with Gasteiger partial charge in [-0.05, 0) is 30.3 Å². The van der Waals surface area contributed by atoms with E-state index >= 15 is 0 Å². The van der Waals surface area contributed by atoms with Gasteiger partial charge in [0.25, 0.3) is 5.56 Å². The molecule has 4 rings (SSSR count). The minimum Gasteiger partial charge on any atom is -0.496 e. The normalized spacial score (nSPS) is 11.0. The van der Waals surface area contributed by atoms with Crippen LogP contribution in [-0.2, 0) is 12.3 Å². The number of nitrogens with zero attached hydrogens (tertiary/aromatic N) is 2. The molecule has 1 heterocycles. The third-order valence-electron chi connectivity index (χ3n) is 4.75. The number of hydrogen-bond donors (Lipinski definition) is 0. The molecule has 0 atom stereocenters. The van der Waals surface area contributed by atoms with Gasteiger partial charge >= 0.3 is 0 Å². The van der Waals surface area contributed by atoms with E-state index in [0.717, 1.165) is 17.3 Å². The van der Waals surface area contributed by atoms with Crippen molar-refractivity contribution in [3.63, 3.8) is 0 Å². The summed E-state index contributed by atoms with van der Waals surface area (Å²) < 4.78 is 35.1. The molecule has 4 nitrogen and oxygen atoms in total. The maximum Gasteiger partial charge on any atom is 0.262 e. The number of methoxy groups -OCH3 is 1. The number of halogens is 2. The first kappa shape index (κ1) is 20.1. The largest absolute Gasteiger partial charge is 0.496 e. The summed E-state index contributed by atoms with van der Waals surface area (Å²) in [6.07, 6.45) is 0. The van der Waals surface area contributed by atoms with Gasteiger partial charge in [0.15, 0.2) is 5.16 Å². The van der Waals surface area contributed by atoms with Crippen LogP contribution in [0.15, 0.2) is 76.7 Å². The molecular formula is C23H18F2N2O2S. The number of hydrogen-bond acceptors (Lipinski definition) is 4. The predicted octanol–water partition coefficient (Wildman–Crippen LogP) is 5.02. The van der Waals surface area contributed by atoms with Crippen LogP contribution in [0.3, 0.4) is 0 Å². The van der Waals surface area contributed by atoms with E-state index in [9.17, 15) is 13.6 Å². The zero-order chi connectivity index (χ0) is 21.1. The van der Waals surface area contributed by atoms with Crippen LogP contribution < -0.4 is 10.3 Å². The Bertz CT molecular complexity index is 1250. The molecule has 0 aliphatic heterocycles. The number of rotatable bonds is 6. The van der Waals surface area contributed by atoms with Gasteiger partial charge in [0.1, 0.15) is 17.4 Å². The number of benzene rings is 3. The molecule has 0 saturated carbocycles. The third-order valence-corrected chi connectivity index (χ3v) is 5.76. The molecule has 0 amide bonds. The van der Waals surface area contributed by atoms with Crippen molar-refractivity contribution in [3.05, 3.63) is 99.8 Å². The molecule has 0 aliphatic rings. The van der Waals surface area contributed by atoms with Crippen LogP contribution in [0, 0.1) is 11.6 Å². The van der Waals surface area contributed by atoms with Crippen molar-refractivity contribution < 1.29 is 13.5 Å². The van der Waals surface area contributed by atoms with Crippen molar-refractivity contribution in [2.24, 2.45) is 0 Å². The first-order chi connectivity index (χ1) is 14.6. The van der Waals surface area contributed by atoms with Gasteiger partial charge in [0.2, 0.25) is 0 Å². The van der Waals surface area contributed by atoms with Crippen molar-refractivity contribution in [1.82, 2.24) is 9.55 Å². The Morgan fingerprint density at radius 1 is 0.967 bits per heavy atom. The number of fused-ring (bicyclic) bond motifs is 1. The number of ether oxygens (including phenoxy) is 1. The Kier molecular flexibility index (Phi) is 5.81. The lowest BCUT2D eigenvalue weighted by molar-refractivity contribution is 0.407. The van der Waals surface area contributed by atoms with Crippen LogP contribution in [0.5, 0.6) is 5.75 Å². The van der Waals surface area contributed by atoms with Crippen LogP contribution in [0.4, 0.5) is 8.78 Å². The highest BCUT2D eigenvalue weighted by Crippen LogP contribution is 2.27. The van der Waals surface area contributed by atoms with Crippen LogP contribution in [-0.4, -0.2) is 16.7 Å². The summed E-state index contributed by atoms with van der Waals surface area (Å²) in [5.41, 5.74) is 1.07. The van der Waals surface area contributed by atoms with E-state index in [1.807, 2.05) is 24.3 Å². The summed E-state index contributed by atoms with van der Waals surface area (Å²) in [5, 5.41) is 0.862. The molecule has 0 fully saturated rings. The molecule has 152 valence electrons. The first-order valence-electron chi connectivity index (χ1n) is 9.25. The van der Waals surface area contributed by atoms with Crippen molar-refractivity contribution in [2.45, 2.75) is 17.5 Å². The SMILES string of the molecule is COc1ccccc1Cn1c(SCc2c(F)cccc2F)nc2ccccc2c1=O. The van der Waals surface area contributed by atoms with Gasteiger partial charge in [-0.1, -0.05) is 48.2 Å². The molecule has 4 aromatic rings. The number of para-hydroxylation sites is 2. The minimum absolute atomic E-state index is 0.00914. The summed E-state index contributed by atoms with van der Waals surface area (Å²) in [4.78, 5) is 17.8. The lowest BCUT2D eigenvalue weighted by Gasteiger charge is -2.15. The highest BCUT2D eigenvalue weighted by Gasteiger charge is 2.16. The maximum atomic E-state index is 14.1. The van der Waals surface area contributed by atoms with Crippen molar-refractivity contribution in [3.8, 4) is 5.75 Å². The van der Waals surface area contributed by atoms with Gasteiger partial charge in [-0.3, -0.25) is 9.36 Å². The second-order valence-electron chi connectivity index (χ2n) is 6.60. The Hall–Kier alpha value is -3.19. The van der Waals surface area contributed by atoms with Crippen molar-refractivity contribution >= 4 is 22.7 Å². The van der Waals surface area contributed by atoms with Gasteiger partial charge in [-0.2, -0.15) is 0 Å². The molecule has 1 aromatic heterocycles. The topological polar surface area (TPSA) is 44.1 Å². The Balaban J connectivity index is 1.79. The van der Waals surface area contributed by atoms with E-state index < -0.39 is 11.6 Å². The number of aromatic nitrogens is 2. The van der Waals surface area contributed by atoms with Gasteiger partial charge < -0.3 is 4.74 Å². The van der Waals surface area contributed by atoms with E-state index in [4.69, 9.17) is 4.74 Å². The van der Waals surface area contributed by atoms with Gasteiger partial charge in [-0.15, -0.1) is 0 Å². The standard InChI is InChI=1S/C23H18F2N2O2S/c1-29-21-12-5-2-7-15(21)13-27-22(28)16-8-3-4-11-20(16)26-23(27)30-14-17-18(24)9-6-10-19(17)25/h2-12H,13-14H2,1H3. The van der Waals surface area contributed by atoms with E-state index in [2.05, 4.69) is 4.98 Å². The zero-order valence-corrected chi connectivity index (χ0v) is 17.0. The Labute approximate surface area is 176 Å². The molecule has 0 N–H and O–H groups in total. The highest BCUT2D eigenvalue weighted by atomic mass is 32.2. The van der Waals surface area contributed by atoms with E-state index in [1.54, 1.807) is 31.4 Å². The monoisotopic (exact) mass is 424 g/mol. The fourth-order valence-electron chi connectivity index (χ4n) is 3.21. The quantitative estimate of drug-likeness (QED) is 0.322. The fraction of sp³-hybridized carbons (Fsp3) is 0.130. The van der Waals surface area contributed by atoms with E-state index in [-0.39, 0.29) is 23.4 Å². The van der Waals surface area contributed by atoms with Crippen molar-refractivity contribution in [2.75, 3.05) is 7.11 Å². The molecular weight excluding hydrogens is 406 g/mol. The molecule has 0 spiro atoms. The van der Waals surface area contributed by atoms with Crippen LogP contribution in [0.25, 0.3) is 10.9 Å². The molecule has 0 unspecified atom stereocenters. The number of thioether (sulfide) groups is 1. The fourth-order valence-corrected chi connectivity index (χ4v) is 4.22. The molecule has 0 bridgehead atoms. The first-order valence-corrected chi connectivity index (χ1v) is 10.2. The second kappa shape index (κ2) is 8.67. The Morgan fingerprint density at radius 3 is 2.43 bits per heavy atom. The third kappa shape index (κ3) is 3.93. The second-order valence-corrected chi connectivity index (χ2v) is 7.55. The minimum atomic E-state index is -0.623. The van der Waals surface area contributed by atoms with Crippen molar-refractivity contribution in [1.29, 1.82) is 0 Å². The molecule has 0 saturated heterocycles. The smallest absolute Gasteiger partial charge is 0.262 e. The summed E-state index contributed by atoms with van der Waals surface area (Å²) in [6.45, 7) is 0.225. The maximum absolute atomic E-state index is 14.1. The Morgan fingerprint density at radius 2 is 1.67 bits per heavy atom.